The van der Waals surface area contributed by atoms with E-state index in [4.69, 9.17) is 10.5 Å². The van der Waals surface area contributed by atoms with E-state index in [0.29, 0.717) is 30.6 Å². The van der Waals surface area contributed by atoms with E-state index in [-0.39, 0.29) is 4.90 Å². The summed E-state index contributed by atoms with van der Waals surface area (Å²) in [5.41, 5.74) is 6.04. The van der Waals surface area contributed by atoms with Crippen LogP contribution in [0.15, 0.2) is 23.1 Å². The van der Waals surface area contributed by atoms with Crippen molar-refractivity contribution in [2.45, 2.75) is 23.8 Å². The smallest absolute Gasteiger partial charge is 0.240 e. The lowest BCUT2D eigenvalue weighted by atomic mass is 10.3. The summed E-state index contributed by atoms with van der Waals surface area (Å²) in [5.74, 6) is 0.470. The van der Waals surface area contributed by atoms with Crippen LogP contribution in [0.25, 0.3) is 0 Å². The summed E-state index contributed by atoms with van der Waals surface area (Å²) in [6, 6.07) is 5.07. The molecular formula is C13H21N3O3S. The summed E-state index contributed by atoms with van der Waals surface area (Å²) < 4.78 is 31.8. The SMILES string of the molecule is COc1ccc(S(=O)(=O)NCCN(C)C2CC2)cc1N. The van der Waals surface area contributed by atoms with E-state index in [0.717, 1.165) is 0 Å². The Balaban J connectivity index is 1.96. The molecule has 1 aliphatic carbocycles. The number of hydrogen-bond acceptors (Lipinski definition) is 5. The molecule has 2 rings (SSSR count). The molecule has 0 heterocycles. The predicted molar refractivity (Wildman–Crippen MR) is 78.2 cm³/mol. The van der Waals surface area contributed by atoms with Crippen molar-refractivity contribution in [1.29, 1.82) is 0 Å². The molecule has 0 radical (unpaired) electrons. The van der Waals surface area contributed by atoms with Gasteiger partial charge in [0.2, 0.25) is 10.0 Å². The van der Waals surface area contributed by atoms with E-state index < -0.39 is 10.0 Å². The van der Waals surface area contributed by atoms with Crippen molar-refractivity contribution in [2.75, 3.05) is 33.0 Å². The van der Waals surface area contributed by atoms with Gasteiger partial charge < -0.3 is 15.4 Å². The summed E-state index contributed by atoms with van der Waals surface area (Å²) in [5, 5.41) is 0. The molecule has 20 heavy (non-hydrogen) atoms. The number of anilines is 1. The van der Waals surface area contributed by atoms with Crippen LogP contribution in [-0.4, -0.2) is 46.6 Å². The van der Waals surface area contributed by atoms with Gasteiger partial charge in [0.15, 0.2) is 0 Å². The van der Waals surface area contributed by atoms with Crippen molar-refractivity contribution in [2.24, 2.45) is 0 Å². The summed E-state index contributed by atoms with van der Waals surface area (Å²) in [6.07, 6.45) is 2.41. The zero-order valence-corrected chi connectivity index (χ0v) is 12.6. The molecule has 0 amide bonds. The Morgan fingerprint density at radius 2 is 2.15 bits per heavy atom. The summed E-state index contributed by atoms with van der Waals surface area (Å²) >= 11 is 0. The third kappa shape index (κ3) is 3.62. The molecule has 1 aromatic rings. The maximum absolute atomic E-state index is 12.1. The van der Waals surface area contributed by atoms with Gasteiger partial charge in [-0.1, -0.05) is 0 Å². The van der Waals surface area contributed by atoms with Crippen LogP contribution < -0.4 is 15.2 Å². The molecule has 0 aromatic heterocycles. The van der Waals surface area contributed by atoms with Gasteiger partial charge in [0.25, 0.3) is 0 Å². The highest BCUT2D eigenvalue weighted by Crippen LogP contribution is 2.25. The molecule has 0 atom stereocenters. The summed E-state index contributed by atoms with van der Waals surface area (Å²) in [6.45, 7) is 1.09. The van der Waals surface area contributed by atoms with Gasteiger partial charge in [-0.15, -0.1) is 0 Å². The average Bonchev–Trinajstić information content (AvgIpc) is 3.22. The quantitative estimate of drug-likeness (QED) is 0.722. The number of hydrogen-bond donors (Lipinski definition) is 2. The van der Waals surface area contributed by atoms with Crippen molar-refractivity contribution in [3.63, 3.8) is 0 Å². The second-order valence-electron chi connectivity index (χ2n) is 5.01. The average molecular weight is 299 g/mol. The monoisotopic (exact) mass is 299 g/mol. The van der Waals surface area contributed by atoms with E-state index in [1.54, 1.807) is 6.07 Å². The Bertz CT molecular complexity index is 570. The second kappa shape index (κ2) is 5.99. The van der Waals surface area contributed by atoms with Gasteiger partial charge in [-0.25, -0.2) is 13.1 Å². The van der Waals surface area contributed by atoms with Crippen LogP contribution in [0.5, 0.6) is 5.75 Å². The first-order valence-electron chi connectivity index (χ1n) is 6.57. The summed E-state index contributed by atoms with van der Waals surface area (Å²) in [7, 11) is -0.0178. The first-order valence-corrected chi connectivity index (χ1v) is 8.06. The number of nitrogens with one attached hydrogen (secondary N) is 1. The third-order valence-corrected chi connectivity index (χ3v) is 4.90. The molecule has 0 aliphatic heterocycles. The van der Waals surface area contributed by atoms with Crippen molar-refractivity contribution in [1.82, 2.24) is 9.62 Å². The number of methoxy groups -OCH3 is 1. The van der Waals surface area contributed by atoms with Crippen LogP contribution >= 0.6 is 0 Å². The van der Waals surface area contributed by atoms with Gasteiger partial charge in [0.1, 0.15) is 5.75 Å². The summed E-state index contributed by atoms with van der Waals surface area (Å²) in [4.78, 5) is 2.33. The van der Waals surface area contributed by atoms with Gasteiger partial charge >= 0.3 is 0 Å². The van der Waals surface area contributed by atoms with Crippen LogP contribution in [0.1, 0.15) is 12.8 Å². The number of likely N-dealkylation sites (N-methyl/N-ethyl adjacent to an activating group) is 1. The largest absolute Gasteiger partial charge is 0.495 e. The molecule has 3 N–H and O–H groups in total. The Morgan fingerprint density at radius 3 is 2.70 bits per heavy atom. The van der Waals surface area contributed by atoms with Crippen LogP contribution in [0, 0.1) is 0 Å². The fourth-order valence-corrected chi connectivity index (χ4v) is 3.07. The number of benzene rings is 1. The highest BCUT2D eigenvalue weighted by atomic mass is 32.2. The number of nitrogens with two attached hydrogens (primary N) is 1. The maximum atomic E-state index is 12.1. The molecule has 1 aliphatic rings. The topological polar surface area (TPSA) is 84.7 Å². The molecule has 0 unspecified atom stereocenters. The van der Waals surface area contributed by atoms with Crippen LogP contribution in [0.2, 0.25) is 0 Å². The number of ether oxygens (including phenoxy) is 1. The molecule has 7 heteroatoms. The zero-order valence-electron chi connectivity index (χ0n) is 11.8. The Labute approximate surface area is 120 Å². The highest BCUT2D eigenvalue weighted by Gasteiger charge is 2.26. The lowest BCUT2D eigenvalue weighted by molar-refractivity contribution is 0.329. The maximum Gasteiger partial charge on any atom is 0.240 e. The fraction of sp³-hybridized carbons (Fsp3) is 0.538. The van der Waals surface area contributed by atoms with Crippen LogP contribution in [-0.2, 0) is 10.0 Å². The number of nitrogens with zero attached hydrogens (tertiary/aromatic N) is 1. The number of nitrogen functional groups attached to an aromatic ring is 1. The molecule has 1 saturated carbocycles. The first-order chi connectivity index (χ1) is 9.44. The highest BCUT2D eigenvalue weighted by molar-refractivity contribution is 7.89. The van der Waals surface area contributed by atoms with E-state index in [1.807, 2.05) is 7.05 Å². The van der Waals surface area contributed by atoms with Crippen molar-refractivity contribution >= 4 is 15.7 Å². The second-order valence-corrected chi connectivity index (χ2v) is 6.78. The predicted octanol–water partition coefficient (Wildman–Crippen LogP) is 0.650. The van der Waals surface area contributed by atoms with Crippen molar-refractivity contribution < 1.29 is 13.2 Å². The third-order valence-electron chi connectivity index (χ3n) is 3.44. The van der Waals surface area contributed by atoms with Gasteiger partial charge in [0, 0.05) is 19.1 Å². The van der Waals surface area contributed by atoms with Gasteiger partial charge in [0.05, 0.1) is 17.7 Å². The molecule has 1 fully saturated rings. The first kappa shape index (κ1) is 15.1. The van der Waals surface area contributed by atoms with Crippen molar-refractivity contribution in [3.05, 3.63) is 18.2 Å². The molecule has 1 aromatic carbocycles. The minimum Gasteiger partial charge on any atom is -0.495 e. The Hall–Kier alpha value is -1.31. The minimum absolute atomic E-state index is 0.157. The molecule has 0 bridgehead atoms. The van der Waals surface area contributed by atoms with Gasteiger partial charge in [-0.3, -0.25) is 0 Å². The van der Waals surface area contributed by atoms with Gasteiger partial charge in [-0.05, 0) is 38.1 Å². The lowest BCUT2D eigenvalue weighted by Crippen LogP contribution is -2.34. The molecule has 6 nitrogen and oxygen atoms in total. The molecule has 112 valence electrons. The van der Waals surface area contributed by atoms with E-state index in [9.17, 15) is 8.42 Å². The number of sulfonamides is 1. The fourth-order valence-electron chi connectivity index (χ4n) is 2.02. The lowest BCUT2D eigenvalue weighted by Gasteiger charge is -2.16. The standard InChI is InChI=1S/C13H21N3O3S/c1-16(10-3-4-10)8-7-15-20(17,18)11-5-6-13(19-2)12(14)9-11/h5-6,9-10,15H,3-4,7-8,14H2,1-2H3. The van der Waals surface area contributed by atoms with E-state index >= 15 is 0 Å². The van der Waals surface area contributed by atoms with Crippen LogP contribution in [0.3, 0.4) is 0 Å². The van der Waals surface area contributed by atoms with Gasteiger partial charge in [-0.2, -0.15) is 0 Å². The van der Waals surface area contributed by atoms with E-state index in [1.165, 1.54) is 32.1 Å². The Morgan fingerprint density at radius 1 is 1.45 bits per heavy atom. The molecule has 0 spiro atoms. The van der Waals surface area contributed by atoms with E-state index in [2.05, 4.69) is 9.62 Å². The number of rotatable bonds is 7. The van der Waals surface area contributed by atoms with Crippen molar-refractivity contribution in [3.8, 4) is 5.75 Å². The minimum atomic E-state index is -3.52. The van der Waals surface area contributed by atoms with Crippen LogP contribution in [0.4, 0.5) is 5.69 Å². The Kier molecular flexibility index (Phi) is 4.52. The zero-order chi connectivity index (χ0) is 14.8. The molecule has 0 saturated heterocycles. The molecular weight excluding hydrogens is 278 g/mol. The normalized spacial score (nSPS) is 15.6.